The van der Waals surface area contributed by atoms with E-state index in [1.807, 2.05) is 12.1 Å². The predicted octanol–water partition coefficient (Wildman–Crippen LogP) is 1.93. The molecule has 2 aromatic rings. The average Bonchev–Trinajstić information content (AvgIpc) is 3.58. The van der Waals surface area contributed by atoms with Crippen LogP contribution < -0.4 is 20.3 Å². The molecule has 4 rings (SSSR count). The molecule has 0 radical (unpaired) electrons. The molecule has 1 aromatic carbocycles. The number of nitrogens with one attached hydrogen (secondary N) is 2. The van der Waals surface area contributed by atoms with Crippen LogP contribution in [0.25, 0.3) is 0 Å². The van der Waals surface area contributed by atoms with Crippen molar-refractivity contribution < 1.29 is 23.9 Å². The lowest BCUT2D eigenvalue weighted by Crippen LogP contribution is -2.32. The highest BCUT2D eigenvalue weighted by atomic mass is 32.2. The summed E-state index contributed by atoms with van der Waals surface area (Å²) >= 11 is 2.45. The van der Waals surface area contributed by atoms with Gasteiger partial charge in [0.1, 0.15) is 5.75 Å². The van der Waals surface area contributed by atoms with E-state index in [1.165, 1.54) is 23.1 Å². The van der Waals surface area contributed by atoms with Crippen LogP contribution in [0.5, 0.6) is 5.75 Å². The number of nitrogens with zero attached hydrogens (tertiary/aromatic N) is 3. The summed E-state index contributed by atoms with van der Waals surface area (Å²) in [6.07, 6.45) is 2.21. The van der Waals surface area contributed by atoms with Gasteiger partial charge in [0.25, 0.3) is 0 Å². The first kappa shape index (κ1) is 23.5. The molecular formula is C21H25N5O5S2. The van der Waals surface area contributed by atoms with Crippen molar-refractivity contribution in [2.45, 2.75) is 29.7 Å². The molecule has 2 atom stereocenters. The average molecular weight is 492 g/mol. The molecule has 2 aliphatic heterocycles. The molecular weight excluding hydrogens is 466 g/mol. The number of rotatable bonds is 9. The second-order valence-electron chi connectivity index (χ2n) is 7.67. The fourth-order valence-corrected chi connectivity index (χ4v) is 5.29. The number of anilines is 2. The number of aromatic nitrogens is 2. The van der Waals surface area contributed by atoms with E-state index < -0.39 is 5.92 Å². The highest BCUT2D eigenvalue weighted by Crippen LogP contribution is 2.33. The van der Waals surface area contributed by atoms with Crippen LogP contribution in [0, 0.1) is 5.92 Å². The van der Waals surface area contributed by atoms with Crippen LogP contribution in [0.15, 0.2) is 28.6 Å². The van der Waals surface area contributed by atoms with Crippen LogP contribution in [0.3, 0.4) is 0 Å². The molecule has 33 heavy (non-hydrogen) atoms. The number of para-hydroxylation sites is 2. The number of hydrogen-bond donors (Lipinski definition) is 2. The quantitative estimate of drug-likeness (QED) is 0.403. The first-order valence-electron chi connectivity index (χ1n) is 10.6. The second-order valence-corrected chi connectivity index (χ2v) is 9.87. The van der Waals surface area contributed by atoms with Gasteiger partial charge in [0.05, 0.1) is 30.6 Å². The highest BCUT2D eigenvalue weighted by Gasteiger charge is 2.36. The van der Waals surface area contributed by atoms with E-state index in [4.69, 9.17) is 9.47 Å². The van der Waals surface area contributed by atoms with Gasteiger partial charge >= 0.3 is 0 Å². The third-order valence-electron chi connectivity index (χ3n) is 5.39. The number of carbonyl (C=O) groups is 3. The van der Waals surface area contributed by atoms with Crippen molar-refractivity contribution in [3.05, 3.63) is 24.3 Å². The Bertz CT molecular complexity index is 1010. The minimum Gasteiger partial charge on any atom is -0.495 e. The Balaban J connectivity index is 1.25. The van der Waals surface area contributed by atoms with Crippen LogP contribution in [0.4, 0.5) is 10.8 Å². The summed E-state index contributed by atoms with van der Waals surface area (Å²) in [6.45, 7) is 1.53. The van der Waals surface area contributed by atoms with Crippen LogP contribution in [-0.4, -0.2) is 66.6 Å². The number of methoxy groups -OCH3 is 1. The Kier molecular flexibility index (Phi) is 7.78. The molecule has 0 bridgehead atoms. The first-order chi connectivity index (χ1) is 16.0. The molecule has 2 aliphatic rings. The van der Waals surface area contributed by atoms with Crippen molar-refractivity contribution in [3.63, 3.8) is 0 Å². The molecule has 2 N–H and O–H groups in total. The predicted molar refractivity (Wildman–Crippen MR) is 125 cm³/mol. The van der Waals surface area contributed by atoms with Gasteiger partial charge in [-0.25, -0.2) is 0 Å². The van der Waals surface area contributed by atoms with Gasteiger partial charge in [-0.3, -0.25) is 14.4 Å². The van der Waals surface area contributed by atoms with Gasteiger partial charge in [-0.2, -0.15) is 0 Å². The molecule has 0 saturated carbocycles. The van der Waals surface area contributed by atoms with E-state index in [0.29, 0.717) is 27.5 Å². The monoisotopic (exact) mass is 491 g/mol. The summed E-state index contributed by atoms with van der Waals surface area (Å²) in [5.41, 5.74) is 0.646. The SMILES string of the molecule is COc1ccccc1N1C[C@H](C(=O)Nc2nnc(SCC(=O)NC[C@H]3CCCO3)s2)CC1=O. The van der Waals surface area contributed by atoms with Crippen LogP contribution in [0.1, 0.15) is 19.3 Å². The Morgan fingerprint density at radius 2 is 2.18 bits per heavy atom. The number of hydrogen-bond acceptors (Lipinski definition) is 9. The Morgan fingerprint density at radius 3 is 2.97 bits per heavy atom. The van der Waals surface area contributed by atoms with Crippen molar-refractivity contribution in [1.29, 1.82) is 0 Å². The van der Waals surface area contributed by atoms with Crippen molar-refractivity contribution in [2.24, 2.45) is 5.92 Å². The summed E-state index contributed by atoms with van der Waals surface area (Å²) in [6, 6.07) is 7.22. The van der Waals surface area contributed by atoms with Gasteiger partial charge in [0, 0.05) is 26.1 Å². The molecule has 3 amide bonds. The fourth-order valence-electron chi connectivity index (χ4n) is 3.71. The fraction of sp³-hybridized carbons (Fsp3) is 0.476. The zero-order valence-electron chi connectivity index (χ0n) is 18.1. The third kappa shape index (κ3) is 6.01. The molecule has 3 heterocycles. The van der Waals surface area contributed by atoms with Gasteiger partial charge in [0.2, 0.25) is 22.9 Å². The van der Waals surface area contributed by atoms with Gasteiger partial charge in [-0.15, -0.1) is 10.2 Å². The number of carbonyl (C=O) groups excluding carboxylic acids is 3. The maximum absolute atomic E-state index is 12.7. The van der Waals surface area contributed by atoms with Crippen LogP contribution in [0.2, 0.25) is 0 Å². The number of benzene rings is 1. The Hall–Kier alpha value is -2.70. The zero-order chi connectivity index (χ0) is 23.2. The molecule has 2 saturated heterocycles. The maximum atomic E-state index is 12.7. The maximum Gasteiger partial charge on any atom is 0.231 e. The minimum absolute atomic E-state index is 0.0998. The molecule has 0 spiro atoms. The highest BCUT2D eigenvalue weighted by molar-refractivity contribution is 8.01. The van der Waals surface area contributed by atoms with Crippen molar-refractivity contribution in [3.8, 4) is 5.75 Å². The minimum atomic E-state index is -0.508. The topological polar surface area (TPSA) is 123 Å². The second kappa shape index (κ2) is 10.9. The molecule has 0 aliphatic carbocycles. The summed E-state index contributed by atoms with van der Waals surface area (Å²) in [7, 11) is 1.54. The molecule has 0 unspecified atom stereocenters. The van der Waals surface area contributed by atoms with E-state index in [0.717, 1.165) is 19.4 Å². The van der Waals surface area contributed by atoms with E-state index in [-0.39, 0.29) is 42.5 Å². The van der Waals surface area contributed by atoms with Crippen molar-refractivity contribution in [1.82, 2.24) is 15.5 Å². The van der Waals surface area contributed by atoms with Gasteiger partial charge < -0.3 is 25.0 Å². The van der Waals surface area contributed by atoms with E-state index in [2.05, 4.69) is 20.8 Å². The standard InChI is InChI=1S/C21H25N5O5S2/c1-30-16-7-3-2-6-15(16)26-11-13(9-18(26)28)19(29)23-20-24-25-21(33-20)32-12-17(27)22-10-14-5-4-8-31-14/h2-3,6-7,13-14H,4-5,8-12H2,1H3,(H,22,27)(H,23,24,29)/t13-,14-/m1/s1. The van der Waals surface area contributed by atoms with Gasteiger partial charge in [0.15, 0.2) is 4.34 Å². The lowest BCUT2D eigenvalue weighted by molar-refractivity contribution is -0.122. The summed E-state index contributed by atoms with van der Waals surface area (Å²) in [5.74, 6) is -0.245. The normalized spacial score (nSPS) is 20.2. The zero-order valence-corrected chi connectivity index (χ0v) is 19.7. The Labute approximate surface area is 199 Å². The number of amides is 3. The molecule has 12 heteroatoms. The lowest BCUT2D eigenvalue weighted by Gasteiger charge is -2.19. The van der Waals surface area contributed by atoms with E-state index in [1.54, 1.807) is 24.1 Å². The van der Waals surface area contributed by atoms with Crippen LogP contribution in [-0.2, 0) is 19.1 Å². The molecule has 1 aromatic heterocycles. The largest absolute Gasteiger partial charge is 0.495 e. The lowest BCUT2D eigenvalue weighted by atomic mass is 10.1. The summed E-state index contributed by atoms with van der Waals surface area (Å²) < 4.78 is 11.4. The molecule has 176 valence electrons. The van der Waals surface area contributed by atoms with E-state index in [9.17, 15) is 14.4 Å². The van der Waals surface area contributed by atoms with E-state index >= 15 is 0 Å². The first-order valence-corrected chi connectivity index (χ1v) is 12.4. The van der Waals surface area contributed by atoms with Crippen LogP contribution >= 0.6 is 23.1 Å². The number of thioether (sulfide) groups is 1. The van der Waals surface area contributed by atoms with Crippen molar-refractivity contribution in [2.75, 3.05) is 42.8 Å². The molecule has 10 nitrogen and oxygen atoms in total. The van der Waals surface area contributed by atoms with Gasteiger partial charge in [-0.05, 0) is 25.0 Å². The smallest absolute Gasteiger partial charge is 0.231 e. The van der Waals surface area contributed by atoms with Crippen molar-refractivity contribution >= 4 is 51.6 Å². The Morgan fingerprint density at radius 1 is 1.33 bits per heavy atom. The molecule has 2 fully saturated rings. The third-order valence-corrected chi connectivity index (χ3v) is 7.36. The van der Waals surface area contributed by atoms with Gasteiger partial charge in [-0.1, -0.05) is 35.2 Å². The summed E-state index contributed by atoms with van der Waals surface area (Å²) in [4.78, 5) is 38.8. The summed E-state index contributed by atoms with van der Waals surface area (Å²) in [5, 5.41) is 13.9. The number of ether oxygens (including phenoxy) is 2.